The average molecular weight is 491 g/mol. The zero-order chi connectivity index (χ0) is 25.5. The normalized spacial score (nSPS) is 11.4. The summed E-state index contributed by atoms with van der Waals surface area (Å²) in [6.07, 6.45) is 1.24. The van der Waals surface area contributed by atoms with Crippen LogP contribution in [-0.2, 0) is 13.0 Å². The average Bonchev–Trinajstić information content (AvgIpc) is 3.52. The molecular formula is C24H26N8O4. The van der Waals surface area contributed by atoms with E-state index in [4.69, 9.17) is 15.2 Å². The minimum absolute atomic E-state index is 0.0446. The number of nitrogens with two attached hydrogens (primary N) is 1. The van der Waals surface area contributed by atoms with E-state index in [1.54, 1.807) is 26.2 Å². The van der Waals surface area contributed by atoms with Gasteiger partial charge in [0.15, 0.2) is 17.2 Å². The molecule has 0 saturated heterocycles. The predicted octanol–water partition coefficient (Wildman–Crippen LogP) is 2.93. The molecule has 2 aromatic carbocycles. The van der Waals surface area contributed by atoms with Crippen LogP contribution in [0, 0.1) is 0 Å². The van der Waals surface area contributed by atoms with Gasteiger partial charge in [-0.05, 0) is 47.4 Å². The molecule has 0 fully saturated rings. The van der Waals surface area contributed by atoms with Crippen LogP contribution in [0.1, 0.15) is 47.6 Å². The number of carbonyl (C=O) groups is 1. The Morgan fingerprint density at radius 1 is 1.17 bits per heavy atom. The molecule has 12 heteroatoms. The second-order valence-corrected chi connectivity index (χ2v) is 7.80. The number of rotatable bonds is 10. The number of methoxy groups -OCH3 is 1. The SMILES string of the molecule is CCCc1c(C(=O)NN=C(C)c2ccc(OCc3ccccc3)c(OC)c2)nnn1-c1nonc1N. The van der Waals surface area contributed by atoms with E-state index in [2.05, 4.69) is 35.8 Å². The van der Waals surface area contributed by atoms with Crippen molar-refractivity contribution in [1.82, 2.24) is 30.7 Å². The molecule has 186 valence electrons. The molecule has 0 saturated carbocycles. The quantitative estimate of drug-likeness (QED) is 0.252. The van der Waals surface area contributed by atoms with Crippen molar-refractivity contribution in [3.8, 4) is 17.3 Å². The minimum atomic E-state index is -0.520. The monoisotopic (exact) mass is 490 g/mol. The van der Waals surface area contributed by atoms with E-state index in [1.807, 2.05) is 43.3 Å². The van der Waals surface area contributed by atoms with Crippen LogP contribution in [0.5, 0.6) is 11.5 Å². The van der Waals surface area contributed by atoms with Crippen molar-refractivity contribution in [3.63, 3.8) is 0 Å². The molecule has 0 aliphatic rings. The number of nitrogens with zero attached hydrogens (tertiary/aromatic N) is 6. The number of nitrogen functional groups attached to an aromatic ring is 1. The summed E-state index contributed by atoms with van der Waals surface area (Å²) < 4.78 is 17.4. The molecular weight excluding hydrogens is 464 g/mol. The molecule has 0 radical (unpaired) electrons. The van der Waals surface area contributed by atoms with Crippen LogP contribution >= 0.6 is 0 Å². The Balaban J connectivity index is 1.49. The third kappa shape index (κ3) is 5.32. The third-order valence-corrected chi connectivity index (χ3v) is 5.30. The Bertz CT molecular complexity index is 1360. The number of carbonyl (C=O) groups excluding carboxylic acids is 1. The largest absolute Gasteiger partial charge is 0.493 e. The van der Waals surface area contributed by atoms with Crippen LogP contribution in [0.3, 0.4) is 0 Å². The first kappa shape index (κ1) is 24.4. The Morgan fingerprint density at radius 2 is 1.97 bits per heavy atom. The van der Waals surface area contributed by atoms with E-state index < -0.39 is 5.91 Å². The number of amides is 1. The number of ether oxygens (including phenoxy) is 2. The highest BCUT2D eigenvalue weighted by Gasteiger charge is 2.23. The molecule has 3 N–H and O–H groups in total. The van der Waals surface area contributed by atoms with Gasteiger partial charge in [0.1, 0.15) is 6.61 Å². The molecule has 0 bridgehead atoms. The number of hydrazone groups is 1. The predicted molar refractivity (Wildman–Crippen MR) is 131 cm³/mol. The third-order valence-electron chi connectivity index (χ3n) is 5.30. The first-order chi connectivity index (χ1) is 17.5. The fraction of sp³-hybridized carbons (Fsp3) is 0.250. The standard InChI is InChI=1S/C24H26N8O4/c1-4-8-18-21(27-31-32(18)23-22(25)29-36-30-23)24(33)28-26-15(2)17-11-12-19(20(13-17)34-3)35-14-16-9-6-5-7-10-16/h5-7,9-13H,4,8,14H2,1-3H3,(H2,25,29)(H,28,33). The van der Waals surface area contributed by atoms with E-state index in [0.29, 0.717) is 35.9 Å². The Labute approximate surface area is 207 Å². The topological polar surface area (TPSA) is 156 Å². The van der Waals surface area contributed by atoms with Crippen molar-refractivity contribution in [3.05, 3.63) is 71.0 Å². The summed E-state index contributed by atoms with van der Waals surface area (Å²) in [7, 11) is 1.57. The maximum atomic E-state index is 12.9. The van der Waals surface area contributed by atoms with Gasteiger partial charge >= 0.3 is 0 Å². The van der Waals surface area contributed by atoms with Gasteiger partial charge < -0.3 is 15.2 Å². The molecule has 12 nitrogen and oxygen atoms in total. The van der Waals surface area contributed by atoms with Crippen LogP contribution in [0.2, 0.25) is 0 Å². The molecule has 2 aromatic heterocycles. The van der Waals surface area contributed by atoms with Crippen LogP contribution in [0.25, 0.3) is 5.82 Å². The molecule has 2 heterocycles. The van der Waals surface area contributed by atoms with Gasteiger partial charge in [0.25, 0.3) is 5.91 Å². The number of aromatic nitrogens is 5. The van der Waals surface area contributed by atoms with Crippen LogP contribution < -0.4 is 20.6 Å². The number of hydrogen-bond acceptors (Lipinski definition) is 10. The van der Waals surface area contributed by atoms with Crippen molar-refractivity contribution in [2.75, 3.05) is 12.8 Å². The van der Waals surface area contributed by atoms with E-state index >= 15 is 0 Å². The van der Waals surface area contributed by atoms with Crippen LogP contribution in [0.4, 0.5) is 5.82 Å². The lowest BCUT2D eigenvalue weighted by molar-refractivity contribution is 0.0948. The molecule has 0 aliphatic carbocycles. The van der Waals surface area contributed by atoms with Crippen molar-refractivity contribution in [2.24, 2.45) is 5.10 Å². The summed E-state index contributed by atoms with van der Waals surface area (Å²) in [4.78, 5) is 12.9. The molecule has 0 aliphatic heterocycles. The second kappa shape index (κ2) is 11.1. The van der Waals surface area contributed by atoms with E-state index in [1.165, 1.54) is 4.68 Å². The van der Waals surface area contributed by atoms with Crippen molar-refractivity contribution in [2.45, 2.75) is 33.3 Å². The molecule has 0 atom stereocenters. The highest BCUT2D eigenvalue weighted by molar-refractivity contribution is 6.01. The van der Waals surface area contributed by atoms with Gasteiger partial charge in [0.05, 0.1) is 18.5 Å². The van der Waals surface area contributed by atoms with E-state index in [9.17, 15) is 4.79 Å². The summed E-state index contributed by atoms with van der Waals surface area (Å²) in [6.45, 7) is 4.15. The highest BCUT2D eigenvalue weighted by atomic mass is 16.6. The van der Waals surface area contributed by atoms with Crippen LogP contribution in [-0.4, -0.2) is 44.0 Å². The van der Waals surface area contributed by atoms with E-state index in [-0.39, 0.29) is 17.3 Å². The van der Waals surface area contributed by atoms with Gasteiger partial charge in [-0.3, -0.25) is 4.79 Å². The summed E-state index contributed by atoms with van der Waals surface area (Å²) >= 11 is 0. The number of hydrogen-bond donors (Lipinski definition) is 2. The van der Waals surface area contributed by atoms with Crippen molar-refractivity contribution < 1.29 is 18.9 Å². The van der Waals surface area contributed by atoms with Gasteiger partial charge in [-0.15, -0.1) is 5.10 Å². The summed E-state index contributed by atoms with van der Waals surface area (Å²) in [5.74, 6) is 0.851. The van der Waals surface area contributed by atoms with Gasteiger partial charge in [-0.25, -0.2) is 10.1 Å². The summed E-state index contributed by atoms with van der Waals surface area (Å²) in [6, 6.07) is 15.3. The lowest BCUT2D eigenvalue weighted by atomic mass is 10.1. The maximum absolute atomic E-state index is 12.9. The van der Waals surface area contributed by atoms with Crippen LogP contribution in [0.15, 0.2) is 58.3 Å². The van der Waals surface area contributed by atoms with Gasteiger partial charge in [0, 0.05) is 5.56 Å². The van der Waals surface area contributed by atoms with Gasteiger partial charge in [-0.2, -0.15) is 9.78 Å². The first-order valence-corrected chi connectivity index (χ1v) is 11.2. The van der Waals surface area contributed by atoms with Crippen molar-refractivity contribution in [1.29, 1.82) is 0 Å². The fourth-order valence-electron chi connectivity index (χ4n) is 3.45. The molecule has 4 rings (SSSR count). The Hall–Kier alpha value is -4.74. The molecule has 36 heavy (non-hydrogen) atoms. The minimum Gasteiger partial charge on any atom is -0.493 e. The lowest BCUT2D eigenvalue weighted by Crippen LogP contribution is -2.21. The Kier molecular flexibility index (Phi) is 7.54. The molecule has 4 aromatic rings. The number of nitrogens with one attached hydrogen (secondary N) is 1. The summed E-state index contributed by atoms with van der Waals surface area (Å²) in [5.41, 5.74) is 11.3. The Morgan fingerprint density at radius 3 is 2.67 bits per heavy atom. The summed E-state index contributed by atoms with van der Waals surface area (Å²) in [5, 5.41) is 19.5. The zero-order valence-corrected chi connectivity index (χ0v) is 20.1. The maximum Gasteiger partial charge on any atom is 0.293 e. The number of anilines is 1. The molecule has 0 spiro atoms. The molecule has 1 amide bonds. The first-order valence-electron chi connectivity index (χ1n) is 11.2. The van der Waals surface area contributed by atoms with Crippen molar-refractivity contribution >= 4 is 17.4 Å². The highest BCUT2D eigenvalue weighted by Crippen LogP contribution is 2.29. The lowest BCUT2D eigenvalue weighted by Gasteiger charge is -2.12. The van der Waals surface area contributed by atoms with Gasteiger partial charge in [-0.1, -0.05) is 48.9 Å². The second-order valence-electron chi connectivity index (χ2n) is 7.80. The zero-order valence-electron chi connectivity index (χ0n) is 20.1. The van der Waals surface area contributed by atoms with Gasteiger partial charge in [0.2, 0.25) is 11.6 Å². The molecule has 0 unspecified atom stereocenters. The van der Waals surface area contributed by atoms with E-state index in [0.717, 1.165) is 17.5 Å². The fourth-order valence-corrected chi connectivity index (χ4v) is 3.45. The number of benzene rings is 2. The smallest absolute Gasteiger partial charge is 0.293 e.